The van der Waals surface area contributed by atoms with E-state index >= 15 is 0 Å². The van der Waals surface area contributed by atoms with Gasteiger partial charge in [0.05, 0.1) is 0 Å². The predicted octanol–water partition coefficient (Wildman–Crippen LogP) is 2.94. The summed E-state index contributed by atoms with van der Waals surface area (Å²) in [6, 6.07) is 2.84. The van der Waals surface area contributed by atoms with Gasteiger partial charge >= 0.3 is 6.03 Å². The summed E-state index contributed by atoms with van der Waals surface area (Å²) in [7, 11) is 0. The summed E-state index contributed by atoms with van der Waals surface area (Å²) in [4.78, 5) is 42.5. The topological polar surface area (TPSA) is 91.4 Å². The van der Waals surface area contributed by atoms with Crippen LogP contribution in [0.25, 0.3) is 0 Å². The number of carbonyl (C=O) groups is 3. The Hall–Kier alpha value is -2.44. The molecule has 1 spiro atoms. The average molecular weight is 372 g/mol. The maximum Gasteiger partial charge on any atom is 0.325 e. The third kappa shape index (κ3) is 3.82. The number of imide groups is 1. The van der Waals surface area contributed by atoms with E-state index in [0.29, 0.717) is 24.4 Å². The fraction of sp³-hybridized carbons (Fsp3) is 0.600. The number of nitrogens with zero attached hydrogens (tertiary/aromatic N) is 2. The Bertz CT molecular complexity index is 724. The zero-order valence-electron chi connectivity index (χ0n) is 16.2. The molecule has 1 aliphatic carbocycles. The van der Waals surface area contributed by atoms with E-state index in [-0.39, 0.29) is 17.9 Å². The second-order valence-corrected chi connectivity index (χ2v) is 8.30. The number of amides is 4. The van der Waals surface area contributed by atoms with E-state index in [1.807, 2.05) is 0 Å². The molecule has 7 heteroatoms. The van der Waals surface area contributed by atoms with E-state index in [1.165, 1.54) is 0 Å². The van der Waals surface area contributed by atoms with Crippen molar-refractivity contribution in [2.24, 2.45) is 11.3 Å². The van der Waals surface area contributed by atoms with Crippen molar-refractivity contribution in [1.29, 1.82) is 0 Å². The summed E-state index contributed by atoms with van der Waals surface area (Å²) in [6.07, 6.45) is 7.30. The van der Waals surface area contributed by atoms with Crippen LogP contribution in [-0.4, -0.2) is 39.8 Å². The lowest BCUT2D eigenvalue weighted by molar-refractivity contribution is -0.135. The first kappa shape index (κ1) is 19.3. The number of aromatic nitrogens is 1. The SMILES string of the molecule is CCC(C)(C)C1CCC2(CC1)NC(=O)N(CC(=O)Nc1ccncc1)C2=O. The van der Waals surface area contributed by atoms with E-state index in [4.69, 9.17) is 0 Å². The van der Waals surface area contributed by atoms with Gasteiger partial charge in [-0.05, 0) is 49.1 Å². The number of nitrogens with one attached hydrogen (secondary N) is 2. The van der Waals surface area contributed by atoms with Crippen LogP contribution in [0.3, 0.4) is 0 Å². The monoisotopic (exact) mass is 372 g/mol. The van der Waals surface area contributed by atoms with Crippen LogP contribution >= 0.6 is 0 Å². The van der Waals surface area contributed by atoms with Crippen molar-refractivity contribution < 1.29 is 14.4 Å². The lowest BCUT2D eigenvalue weighted by Gasteiger charge is -2.42. The van der Waals surface area contributed by atoms with Gasteiger partial charge in [-0.25, -0.2) is 4.79 Å². The van der Waals surface area contributed by atoms with E-state index in [2.05, 4.69) is 36.4 Å². The van der Waals surface area contributed by atoms with Gasteiger partial charge in [-0.15, -0.1) is 0 Å². The summed E-state index contributed by atoms with van der Waals surface area (Å²) in [5, 5.41) is 5.56. The summed E-state index contributed by atoms with van der Waals surface area (Å²) in [6.45, 7) is 6.44. The molecular formula is C20H28N4O3. The number of hydrogen-bond donors (Lipinski definition) is 2. The molecule has 1 aromatic heterocycles. The van der Waals surface area contributed by atoms with Crippen LogP contribution < -0.4 is 10.6 Å². The first-order valence-electron chi connectivity index (χ1n) is 9.61. The molecule has 0 unspecified atom stereocenters. The lowest BCUT2D eigenvalue weighted by Crippen LogP contribution is -2.51. The number of carbonyl (C=O) groups excluding carboxylic acids is 3. The van der Waals surface area contributed by atoms with Gasteiger partial charge in [-0.3, -0.25) is 19.5 Å². The highest BCUT2D eigenvalue weighted by Gasteiger charge is 2.53. The maximum absolute atomic E-state index is 13.0. The zero-order chi connectivity index (χ0) is 19.7. The highest BCUT2D eigenvalue weighted by Crippen LogP contribution is 2.45. The number of hydrogen-bond acceptors (Lipinski definition) is 4. The lowest BCUT2D eigenvalue weighted by atomic mass is 9.65. The van der Waals surface area contributed by atoms with Gasteiger partial charge < -0.3 is 10.6 Å². The van der Waals surface area contributed by atoms with Crippen LogP contribution in [0.15, 0.2) is 24.5 Å². The maximum atomic E-state index is 13.0. The largest absolute Gasteiger partial charge is 0.325 e. The first-order valence-corrected chi connectivity index (χ1v) is 9.61. The van der Waals surface area contributed by atoms with Crippen molar-refractivity contribution in [1.82, 2.24) is 15.2 Å². The Balaban J connectivity index is 1.63. The van der Waals surface area contributed by atoms with Crippen molar-refractivity contribution in [2.75, 3.05) is 11.9 Å². The van der Waals surface area contributed by atoms with Gasteiger partial charge in [-0.2, -0.15) is 0 Å². The van der Waals surface area contributed by atoms with E-state index in [0.717, 1.165) is 24.2 Å². The molecule has 3 rings (SSSR count). The van der Waals surface area contributed by atoms with Gasteiger partial charge in [0.25, 0.3) is 5.91 Å². The van der Waals surface area contributed by atoms with Crippen molar-refractivity contribution in [3.63, 3.8) is 0 Å². The number of pyridine rings is 1. The molecule has 0 atom stereocenters. The van der Waals surface area contributed by atoms with E-state index in [9.17, 15) is 14.4 Å². The Kier molecular flexibility index (Phi) is 5.22. The zero-order valence-corrected chi connectivity index (χ0v) is 16.2. The Morgan fingerprint density at radius 3 is 2.52 bits per heavy atom. The highest BCUT2D eigenvalue weighted by molar-refractivity contribution is 6.10. The van der Waals surface area contributed by atoms with Gasteiger partial charge in [-0.1, -0.05) is 27.2 Å². The minimum atomic E-state index is -0.839. The van der Waals surface area contributed by atoms with Crippen LogP contribution in [0, 0.1) is 11.3 Å². The normalized spacial score (nSPS) is 25.6. The third-order valence-corrected chi connectivity index (χ3v) is 6.37. The molecule has 7 nitrogen and oxygen atoms in total. The summed E-state index contributed by atoms with van der Waals surface area (Å²) >= 11 is 0. The van der Waals surface area contributed by atoms with Crippen molar-refractivity contribution in [2.45, 2.75) is 58.4 Å². The highest BCUT2D eigenvalue weighted by atomic mass is 16.2. The molecule has 0 radical (unpaired) electrons. The summed E-state index contributed by atoms with van der Waals surface area (Å²) < 4.78 is 0. The van der Waals surface area contributed by atoms with E-state index in [1.54, 1.807) is 24.5 Å². The summed E-state index contributed by atoms with van der Waals surface area (Å²) in [5.74, 6) is -0.130. The fourth-order valence-corrected chi connectivity index (χ4v) is 4.12. The Morgan fingerprint density at radius 1 is 1.30 bits per heavy atom. The molecule has 1 aromatic rings. The molecule has 2 fully saturated rings. The van der Waals surface area contributed by atoms with Crippen molar-refractivity contribution in [3.8, 4) is 0 Å². The number of anilines is 1. The van der Waals surface area contributed by atoms with Gasteiger partial charge in [0, 0.05) is 18.1 Å². The Labute approximate surface area is 159 Å². The van der Waals surface area contributed by atoms with Gasteiger partial charge in [0.1, 0.15) is 12.1 Å². The average Bonchev–Trinajstić information content (AvgIpc) is 2.87. The molecule has 2 heterocycles. The van der Waals surface area contributed by atoms with Crippen LogP contribution in [0.5, 0.6) is 0 Å². The van der Waals surface area contributed by atoms with Gasteiger partial charge in [0.2, 0.25) is 5.91 Å². The minimum Gasteiger partial charge on any atom is -0.324 e. The number of urea groups is 1. The first-order chi connectivity index (χ1) is 12.8. The molecule has 146 valence electrons. The second-order valence-electron chi connectivity index (χ2n) is 8.30. The van der Waals surface area contributed by atoms with E-state index < -0.39 is 17.5 Å². The number of rotatable bonds is 5. The van der Waals surface area contributed by atoms with Crippen LogP contribution in [-0.2, 0) is 9.59 Å². The molecule has 2 aliphatic rings. The van der Waals surface area contributed by atoms with Gasteiger partial charge in [0.15, 0.2) is 0 Å². The molecule has 0 bridgehead atoms. The fourth-order valence-electron chi connectivity index (χ4n) is 4.12. The molecule has 1 saturated heterocycles. The molecule has 1 aliphatic heterocycles. The van der Waals surface area contributed by atoms with Crippen molar-refractivity contribution >= 4 is 23.5 Å². The molecule has 4 amide bonds. The standard InChI is InChI=1S/C20H28N4O3/c1-4-19(2,3)14-5-9-20(10-6-14)17(26)24(18(27)23-20)13-16(25)22-15-7-11-21-12-8-15/h7-8,11-12,14H,4-6,9-10,13H2,1-3H3,(H,23,27)(H,21,22,25). The Morgan fingerprint density at radius 2 is 1.93 bits per heavy atom. The second kappa shape index (κ2) is 7.29. The van der Waals surface area contributed by atoms with Crippen molar-refractivity contribution in [3.05, 3.63) is 24.5 Å². The molecule has 27 heavy (non-hydrogen) atoms. The minimum absolute atomic E-state index is 0.234. The molecular weight excluding hydrogens is 344 g/mol. The van der Waals surface area contributed by atoms with Crippen LogP contribution in [0.2, 0.25) is 0 Å². The molecule has 1 saturated carbocycles. The molecule has 0 aromatic carbocycles. The smallest absolute Gasteiger partial charge is 0.324 e. The van der Waals surface area contributed by atoms with Crippen LogP contribution in [0.1, 0.15) is 52.9 Å². The van der Waals surface area contributed by atoms with Crippen LogP contribution in [0.4, 0.5) is 10.5 Å². The summed E-state index contributed by atoms with van der Waals surface area (Å²) in [5.41, 5.74) is -0.0229. The third-order valence-electron chi connectivity index (χ3n) is 6.37. The predicted molar refractivity (Wildman–Crippen MR) is 102 cm³/mol. The molecule has 2 N–H and O–H groups in total. The quantitative estimate of drug-likeness (QED) is 0.778.